The third kappa shape index (κ3) is 1.97. The zero-order chi connectivity index (χ0) is 11.0. The lowest BCUT2D eigenvalue weighted by Crippen LogP contribution is -1.96. The SMILES string of the molecule is Cn1nnc(Br)c1-c1cc(Cl)nnc1Cl. The third-order valence-corrected chi connectivity index (χ3v) is 2.76. The van der Waals surface area contributed by atoms with Gasteiger partial charge >= 0.3 is 0 Å². The van der Waals surface area contributed by atoms with E-state index in [1.54, 1.807) is 17.8 Å². The van der Waals surface area contributed by atoms with Crippen LogP contribution in [0.5, 0.6) is 0 Å². The summed E-state index contributed by atoms with van der Waals surface area (Å²) in [5.41, 5.74) is 1.34. The fourth-order valence-electron chi connectivity index (χ4n) is 1.14. The number of aromatic nitrogens is 5. The van der Waals surface area contributed by atoms with Crippen LogP contribution in [0, 0.1) is 0 Å². The van der Waals surface area contributed by atoms with Gasteiger partial charge in [0.15, 0.2) is 14.9 Å². The standard InChI is InChI=1S/C7H4BrCl2N5/c1-15-5(6(8)12-14-15)3-2-4(9)11-13-7(3)10/h2H,1H3. The Bertz CT molecular complexity index is 493. The molecule has 0 atom stereocenters. The van der Waals surface area contributed by atoms with E-state index in [0.717, 1.165) is 0 Å². The highest BCUT2D eigenvalue weighted by Gasteiger charge is 2.15. The van der Waals surface area contributed by atoms with Gasteiger partial charge in [-0.15, -0.1) is 15.3 Å². The van der Waals surface area contributed by atoms with E-state index < -0.39 is 0 Å². The maximum absolute atomic E-state index is 5.91. The third-order valence-electron chi connectivity index (χ3n) is 1.76. The van der Waals surface area contributed by atoms with Crippen LogP contribution < -0.4 is 0 Å². The van der Waals surface area contributed by atoms with Crippen LogP contribution in [0.15, 0.2) is 10.7 Å². The number of halogens is 3. The van der Waals surface area contributed by atoms with Gasteiger partial charge in [0, 0.05) is 12.6 Å². The Kier molecular flexibility index (Phi) is 2.90. The Labute approximate surface area is 104 Å². The van der Waals surface area contributed by atoms with Crippen molar-refractivity contribution < 1.29 is 0 Å². The fraction of sp³-hybridized carbons (Fsp3) is 0.143. The molecule has 0 unspecified atom stereocenters. The summed E-state index contributed by atoms with van der Waals surface area (Å²) < 4.78 is 2.15. The molecule has 2 aromatic heterocycles. The first-order valence-electron chi connectivity index (χ1n) is 3.84. The Morgan fingerprint density at radius 3 is 2.60 bits per heavy atom. The van der Waals surface area contributed by atoms with Crippen LogP contribution in [0.1, 0.15) is 0 Å². The van der Waals surface area contributed by atoms with Crippen molar-refractivity contribution >= 4 is 39.1 Å². The Morgan fingerprint density at radius 1 is 1.27 bits per heavy atom. The molecule has 2 aromatic rings. The van der Waals surface area contributed by atoms with Crippen molar-refractivity contribution in [3.8, 4) is 11.3 Å². The number of nitrogens with zero attached hydrogens (tertiary/aromatic N) is 5. The second-order valence-corrected chi connectivity index (χ2v) is 4.22. The summed E-state index contributed by atoms with van der Waals surface area (Å²) in [6.45, 7) is 0. The summed E-state index contributed by atoms with van der Waals surface area (Å²) >= 11 is 14.9. The maximum atomic E-state index is 5.91. The Hall–Kier alpha value is -0.720. The lowest BCUT2D eigenvalue weighted by atomic mass is 10.2. The van der Waals surface area contributed by atoms with Gasteiger partial charge in [0.1, 0.15) is 5.69 Å². The van der Waals surface area contributed by atoms with Gasteiger partial charge in [-0.3, -0.25) is 0 Å². The lowest BCUT2D eigenvalue weighted by molar-refractivity contribution is 0.719. The highest BCUT2D eigenvalue weighted by molar-refractivity contribution is 9.10. The summed E-state index contributed by atoms with van der Waals surface area (Å²) in [6.07, 6.45) is 0. The van der Waals surface area contributed by atoms with Crippen molar-refractivity contribution in [1.82, 2.24) is 25.2 Å². The molecule has 0 aromatic carbocycles. The normalized spacial score (nSPS) is 10.7. The van der Waals surface area contributed by atoms with Crippen molar-refractivity contribution in [2.24, 2.45) is 7.05 Å². The topological polar surface area (TPSA) is 56.5 Å². The van der Waals surface area contributed by atoms with Gasteiger partial charge in [0.05, 0.1) is 0 Å². The molecular formula is C7H4BrCl2N5. The van der Waals surface area contributed by atoms with Crippen molar-refractivity contribution in [2.45, 2.75) is 0 Å². The fourth-order valence-corrected chi connectivity index (χ4v) is 2.01. The lowest BCUT2D eigenvalue weighted by Gasteiger charge is -2.03. The minimum absolute atomic E-state index is 0.255. The van der Waals surface area contributed by atoms with Crippen molar-refractivity contribution in [3.63, 3.8) is 0 Å². The van der Waals surface area contributed by atoms with Crippen LogP contribution in [-0.4, -0.2) is 25.2 Å². The Balaban J connectivity index is 2.68. The van der Waals surface area contributed by atoms with Gasteiger partial charge in [-0.25, -0.2) is 4.68 Å². The van der Waals surface area contributed by atoms with Crippen LogP contribution in [0.4, 0.5) is 0 Å². The molecule has 0 aliphatic rings. The van der Waals surface area contributed by atoms with E-state index in [2.05, 4.69) is 36.4 Å². The summed E-state index contributed by atoms with van der Waals surface area (Å²) in [5.74, 6) is 0. The van der Waals surface area contributed by atoms with E-state index in [1.165, 1.54) is 0 Å². The van der Waals surface area contributed by atoms with E-state index >= 15 is 0 Å². The molecule has 0 aliphatic carbocycles. The molecule has 0 amide bonds. The second kappa shape index (κ2) is 4.03. The first-order chi connectivity index (χ1) is 7.09. The van der Waals surface area contributed by atoms with E-state index in [-0.39, 0.29) is 10.3 Å². The second-order valence-electron chi connectivity index (χ2n) is 2.72. The summed E-state index contributed by atoms with van der Waals surface area (Å²) in [6, 6.07) is 1.61. The van der Waals surface area contributed by atoms with E-state index in [1.807, 2.05) is 0 Å². The van der Waals surface area contributed by atoms with E-state index in [4.69, 9.17) is 23.2 Å². The molecule has 2 heterocycles. The first kappa shape index (κ1) is 10.8. The molecule has 8 heteroatoms. The smallest absolute Gasteiger partial charge is 0.161 e. The van der Waals surface area contributed by atoms with Gasteiger partial charge in [-0.05, 0) is 22.0 Å². The number of hydrogen-bond donors (Lipinski definition) is 0. The monoisotopic (exact) mass is 307 g/mol. The predicted molar refractivity (Wildman–Crippen MR) is 59.7 cm³/mol. The molecule has 0 radical (unpaired) electrons. The van der Waals surface area contributed by atoms with Gasteiger partial charge in [-0.2, -0.15) is 0 Å². The summed E-state index contributed by atoms with van der Waals surface area (Å²) in [7, 11) is 1.75. The highest BCUT2D eigenvalue weighted by atomic mass is 79.9. The van der Waals surface area contributed by atoms with Gasteiger partial charge in [-0.1, -0.05) is 28.4 Å². The van der Waals surface area contributed by atoms with E-state index in [9.17, 15) is 0 Å². The molecule has 2 rings (SSSR count). The zero-order valence-corrected chi connectivity index (χ0v) is 10.5. The molecule has 0 fully saturated rings. The zero-order valence-electron chi connectivity index (χ0n) is 7.45. The molecule has 0 saturated carbocycles. The number of rotatable bonds is 1. The van der Waals surface area contributed by atoms with Gasteiger partial charge in [0.2, 0.25) is 0 Å². The first-order valence-corrected chi connectivity index (χ1v) is 5.38. The summed E-state index contributed by atoms with van der Waals surface area (Å²) in [4.78, 5) is 0. The molecule has 5 nitrogen and oxygen atoms in total. The molecule has 78 valence electrons. The molecule has 0 spiro atoms. The number of hydrogen-bond acceptors (Lipinski definition) is 4. The minimum atomic E-state index is 0.255. The van der Waals surface area contributed by atoms with Crippen LogP contribution in [0.2, 0.25) is 10.3 Å². The minimum Gasteiger partial charge on any atom is -0.246 e. The highest BCUT2D eigenvalue weighted by Crippen LogP contribution is 2.31. The average molecular weight is 309 g/mol. The quantitative estimate of drug-likeness (QED) is 0.811. The molecule has 15 heavy (non-hydrogen) atoms. The molecule has 0 aliphatic heterocycles. The van der Waals surface area contributed by atoms with E-state index in [0.29, 0.717) is 15.9 Å². The number of aryl methyl sites for hydroxylation is 1. The largest absolute Gasteiger partial charge is 0.246 e. The van der Waals surface area contributed by atoms with Crippen molar-refractivity contribution in [1.29, 1.82) is 0 Å². The molecule has 0 N–H and O–H groups in total. The van der Waals surface area contributed by atoms with Crippen LogP contribution in [0.3, 0.4) is 0 Å². The van der Waals surface area contributed by atoms with Crippen LogP contribution in [-0.2, 0) is 7.05 Å². The van der Waals surface area contributed by atoms with Crippen molar-refractivity contribution in [3.05, 3.63) is 21.0 Å². The molecule has 0 bridgehead atoms. The van der Waals surface area contributed by atoms with Gasteiger partial charge < -0.3 is 0 Å². The average Bonchev–Trinajstić information content (AvgIpc) is 2.51. The maximum Gasteiger partial charge on any atom is 0.161 e. The van der Waals surface area contributed by atoms with Gasteiger partial charge in [0.25, 0.3) is 0 Å². The predicted octanol–water partition coefficient (Wildman–Crippen LogP) is 2.34. The summed E-state index contributed by atoms with van der Waals surface area (Å²) in [5, 5.41) is 15.5. The van der Waals surface area contributed by atoms with Crippen molar-refractivity contribution in [2.75, 3.05) is 0 Å². The molecule has 0 saturated heterocycles. The Morgan fingerprint density at radius 2 is 2.00 bits per heavy atom. The van der Waals surface area contributed by atoms with Crippen LogP contribution in [0.25, 0.3) is 11.3 Å². The van der Waals surface area contributed by atoms with Crippen LogP contribution >= 0.6 is 39.1 Å². The molecular weight excluding hydrogens is 305 g/mol.